The van der Waals surface area contributed by atoms with Gasteiger partial charge in [0, 0.05) is 17.8 Å². The smallest absolute Gasteiger partial charge is 0.338 e. The second-order valence-electron chi connectivity index (χ2n) is 5.30. The van der Waals surface area contributed by atoms with Crippen molar-refractivity contribution >= 4 is 23.3 Å². The first-order valence-corrected chi connectivity index (χ1v) is 7.90. The van der Waals surface area contributed by atoms with Crippen LogP contribution in [-0.2, 0) is 9.53 Å². The normalized spacial score (nSPS) is 11.3. The van der Waals surface area contributed by atoms with Crippen LogP contribution in [0.15, 0.2) is 48.5 Å². The molecule has 1 amide bonds. The maximum absolute atomic E-state index is 12.1. The number of nitrogens with one attached hydrogen (secondary N) is 1. The first-order valence-electron chi connectivity index (χ1n) is 7.90. The Morgan fingerprint density at radius 3 is 2.50 bits per heavy atom. The van der Waals surface area contributed by atoms with Gasteiger partial charge < -0.3 is 14.8 Å². The van der Waals surface area contributed by atoms with Gasteiger partial charge in [-0.3, -0.25) is 14.9 Å². The largest absolute Gasteiger partial charge is 0.494 e. The summed E-state index contributed by atoms with van der Waals surface area (Å²) < 4.78 is 10.4. The number of amides is 1. The predicted octanol–water partition coefficient (Wildman–Crippen LogP) is 3.18. The average molecular weight is 358 g/mol. The Hall–Kier alpha value is -3.42. The molecular formula is C18H18N2O6. The highest BCUT2D eigenvalue weighted by Crippen LogP contribution is 2.18. The van der Waals surface area contributed by atoms with Gasteiger partial charge >= 0.3 is 5.97 Å². The Labute approximate surface area is 149 Å². The Balaban J connectivity index is 1.96. The topological polar surface area (TPSA) is 108 Å². The number of benzene rings is 2. The number of nitrogens with zero attached hydrogens (tertiary/aromatic N) is 1. The molecule has 1 atom stereocenters. The molecule has 8 nitrogen and oxygen atoms in total. The third-order valence-corrected chi connectivity index (χ3v) is 3.38. The molecule has 0 heterocycles. The highest BCUT2D eigenvalue weighted by atomic mass is 16.6. The van der Waals surface area contributed by atoms with Gasteiger partial charge in [0.1, 0.15) is 5.75 Å². The molecule has 0 saturated carbocycles. The van der Waals surface area contributed by atoms with Crippen molar-refractivity contribution < 1.29 is 24.0 Å². The van der Waals surface area contributed by atoms with E-state index in [2.05, 4.69) is 5.32 Å². The molecule has 0 aliphatic heterocycles. The van der Waals surface area contributed by atoms with E-state index in [0.717, 1.165) is 0 Å². The molecule has 2 aromatic carbocycles. The van der Waals surface area contributed by atoms with E-state index in [1.165, 1.54) is 31.2 Å². The minimum Gasteiger partial charge on any atom is -0.494 e. The number of carbonyl (C=O) groups is 2. The zero-order valence-corrected chi connectivity index (χ0v) is 14.3. The summed E-state index contributed by atoms with van der Waals surface area (Å²) in [6.07, 6.45) is -1.08. The Kier molecular flexibility index (Phi) is 6.26. The average Bonchev–Trinajstić information content (AvgIpc) is 2.62. The predicted molar refractivity (Wildman–Crippen MR) is 94.2 cm³/mol. The third-order valence-electron chi connectivity index (χ3n) is 3.38. The highest BCUT2D eigenvalue weighted by Gasteiger charge is 2.19. The van der Waals surface area contributed by atoms with Crippen LogP contribution in [-0.4, -0.2) is 29.5 Å². The van der Waals surface area contributed by atoms with Crippen molar-refractivity contribution in [3.05, 3.63) is 64.2 Å². The summed E-state index contributed by atoms with van der Waals surface area (Å²) in [6, 6.07) is 11.8. The van der Waals surface area contributed by atoms with Crippen molar-refractivity contribution in [2.45, 2.75) is 20.0 Å². The van der Waals surface area contributed by atoms with Crippen LogP contribution in [0.4, 0.5) is 11.4 Å². The summed E-state index contributed by atoms with van der Waals surface area (Å²) >= 11 is 0. The lowest BCUT2D eigenvalue weighted by Crippen LogP contribution is -2.30. The highest BCUT2D eigenvalue weighted by molar-refractivity contribution is 5.97. The van der Waals surface area contributed by atoms with Crippen LogP contribution in [0.1, 0.15) is 24.2 Å². The van der Waals surface area contributed by atoms with E-state index < -0.39 is 22.9 Å². The number of anilines is 1. The Morgan fingerprint density at radius 1 is 1.19 bits per heavy atom. The molecule has 26 heavy (non-hydrogen) atoms. The lowest BCUT2D eigenvalue weighted by molar-refractivity contribution is -0.384. The summed E-state index contributed by atoms with van der Waals surface area (Å²) in [7, 11) is 0. The van der Waals surface area contributed by atoms with E-state index in [4.69, 9.17) is 9.47 Å². The van der Waals surface area contributed by atoms with E-state index in [9.17, 15) is 19.7 Å². The second kappa shape index (κ2) is 8.61. The summed E-state index contributed by atoms with van der Waals surface area (Å²) in [4.78, 5) is 34.4. The molecule has 2 aromatic rings. The van der Waals surface area contributed by atoms with Crippen LogP contribution in [0.3, 0.4) is 0 Å². The summed E-state index contributed by atoms with van der Waals surface area (Å²) in [5, 5.41) is 13.2. The van der Waals surface area contributed by atoms with Gasteiger partial charge in [-0.2, -0.15) is 0 Å². The first-order chi connectivity index (χ1) is 12.4. The molecule has 0 fully saturated rings. The van der Waals surface area contributed by atoms with Crippen molar-refractivity contribution in [1.29, 1.82) is 0 Å². The maximum atomic E-state index is 12.1. The van der Waals surface area contributed by atoms with Crippen molar-refractivity contribution in [2.24, 2.45) is 0 Å². The SMILES string of the molecule is CCOc1ccc(C(=O)O[C@@H](C)C(=O)Nc2cccc([N+](=O)[O-])c2)cc1. The number of nitro groups is 1. The van der Waals surface area contributed by atoms with Gasteiger partial charge in [-0.05, 0) is 44.2 Å². The molecule has 1 N–H and O–H groups in total. The van der Waals surface area contributed by atoms with Gasteiger partial charge in [0.25, 0.3) is 11.6 Å². The summed E-state index contributed by atoms with van der Waals surface area (Å²) in [6.45, 7) is 3.78. The molecule has 136 valence electrons. The molecule has 0 spiro atoms. The number of hydrogen-bond donors (Lipinski definition) is 1. The van der Waals surface area contributed by atoms with Gasteiger partial charge in [-0.1, -0.05) is 6.07 Å². The molecule has 0 saturated heterocycles. The Bertz CT molecular complexity index is 804. The molecule has 0 aliphatic rings. The molecular weight excluding hydrogens is 340 g/mol. The van der Waals surface area contributed by atoms with Crippen LogP contribution < -0.4 is 10.1 Å². The van der Waals surface area contributed by atoms with E-state index in [1.54, 1.807) is 24.3 Å². The molecule has 8 heteroatoms. The molecule has 0 radical (unpaired) electrons. The maximum Gasteiger partial charge on any atom is 0.338 e. The van der Waals surface area contributed by atoms with Gasteiger partial charge in [-0.25, -0.2) is 4.79 Å². The fourth-order valence-corrected chi connectivity index (χ4v) is 2.08. The molecule has 0 unspecified atom stereocenters. The van der Waals surface area contributed by atoms with Crippen molar-refractivity contribution in [1.82, 2.24) is 0 Å². The monoisotopic (exact) mass is 358 g/mol. The zero-order valence-electron chi connectivity index (χ0n) is 14.3. The van der Waals surface area contributed by atoms with Gasteiger partial charge in [0.2, 0.25) is 0 Å². The Morgan fingerprint density at radius 2 is 1.88 bits per heavy atom. The van der Waals surface area contributed by atoms with Crippen LogP contribution in [0.2, 0.25) is 0 Å². The standard InChI is InChI=1S/C18H18N2O6/c1-3-25-16-9-7-13(8-10-16)18(22)26-12(2)17(21)19-14-5-4-6-15(11-14)20(23)24/h4-12H,3H2,1-2H3,(H,19,21)/t12-/m0/s1. The number of carbonyl (C=O) groups excluding carboxylic acids is 2. The first kappa shape index (κ1) is 18.9. The van der Waals surface area contributed by atoms with Crippen LogP contribution in [0.25, 0.3) is 0 Å². The van der Waals surface area contributed by atoms with Crippen molar-refractivity contribution in [2.75, 3.05) is 11.9 Å². The second-order valence-corrected chi connectivity index (χ2v) is 5.30. The number of esters is 1. The zero-order chi connectivity index (χ0) is 19.1. The lowest BCUT2D eigenvalue weighted by atomic mass is 10.2. The number of non-ortho nitro benzene ring substituents is 1. The van der Waals surface area contributed by atoms with Crippen molar-refractivity contribution in [3.8, 4) is 5.75 Å². The number of nitro benzene ring substituents is 1. The number of rotatable bonds is 7. The third kappa shape index (κ3) is 5.04. The molecule has 2 rings (SSSR count). The lowest BCUT2D eigenvalue weighted by Gasteiger charge is -2.13. The molecule has 0 bridgehead atoms. The minimum atomic E-state index is -1.08. The van der Waals surface area contributed by atoms with Crippen molar-refractivity contribution in [3.63, 3.8) is 0 Å². The van der Waals surface area contributed by atoms with Crippen LogP contribution in [0.5, 0.6) is 5.75 Å². The molecule has 0 aromatic heterocycles. The van der Waals surface area contributed by atoms with Gasteiger partial charge in [0.05, 0.1) is 17.1 Å². The number of ether oxygens (including phenoxy) is 2. The summed E-state index contributed by atoms with van der Waals surface area (Å²) in [5.41, 5.74) is 0.374. The fourth-order valence-electron chi connectivity index (χ4n) is 2.08. The van der Waals surface area contributed by atoms with Gasteiger partial charge in [0.15, 0.2) is 6.10 Å². The molecule has 0 aliphatic carbocycles. The van der Waals surface area contributed by atoms with E-state index in [0.29, 0.717) is 12.4 Å². The summed E-state index contributed by atoms with van der Waals surface area (Å²) in [5.74, 6) is -0.625. The minimum absolute atomic E-state index is 0.151. The quantitative estimate of drug-likeness (QED) is 0.463. The van der Waals surface area contributed by atoms with E-state index >= 15 is 0 Å². The van der Waals surface area contributed by atoms with Crippen LogP contribution in [0, 0.1) is 10.1 Å². The van der Waals surface area contributed by atoms with E-state index in [1.807, 2.05) is 6.92 Å². The van der Waals surface area contributed by atoms with Crippen LogP contribution >= 0.6 is 0 Å². The van der Waals surface area contributed by atoms with E-state index in [-0.39, 0.29) is 16.9 Å². The van der Waals surface area contributed by atoms with Gasteiger partial charge in [-0.15, -0.1) is 0 Å². The fraction of sp³-hybridized carbons (Fsp3) is 0.222. The number of hydrogen-bond acceptors (Lipinski definition) is 6.